The molecule has 3 aromatic rings. The molecule has 0 bridgehead atoms. The van der Waals surface area contributed by atoms with Crippen molar-refractivity contribution in [1.82, 2.24) is 4.57 Å². The number of hydrogen-bond donors (Lipinski definition) is 1. The van der Waals surface area contributed by atoms with Crippen molar-refractivity contribution >= 4 is 34.1 Å². The first-order valence-electron chi connectivity index (χ1n) is 7.30. The summed E-state index contributed by atoms with van der Waals surface area (Å²) in [4.78, 5) is 12.5. The van der Waals surface area contributed by atoms with E-state index >= 15 is 0 Å². The Morgan fingerprint density at radius 2 is 2.00 bits per heavy atom. The number of carbonyl (C=O) groups is 1. The highest BCUT2D eigenvalue weighted by atomic mass is 35.5. The normalized spacial score (nSPS) is 12.1. The van der Waals surface area contributed by atoms with Crippen molar-refractivity contribution in [3.05, 3.63) is 59.8 Å². The number of aromatic nitrogens is 1. The number of anilines is 1. The highest BCUT2D eigenvalue weighted by molar-refractivity contribution is 6.33. The third-order valence-electron chi connectivity index (χ3n) is 3.86. The summed E-state index contributed by atoms with van der Waals surface area (Å²) < 4.78 is 7.16. The van der Waals surface area contributed by atoms with Crippen molar-refractivity contribution in [3.8, 4) is 5.75 Å². The zero-order chi connectivity index (χ0) is 16.4. The first-order valence-corrected chi connectivity index (χ1v) is 7.68. The second-order valence-electron chi connectivity index (χ2n) is 5.29. The van der Waals surface area contributed by atoms with E-state index in [0.717, 1.165) is 16.7 Å². The van der Waals surface area contributed by atoms with Crippen LogP contribution in [0.15, 0.2) is 54.7 Å². The van der Waals surface area contributed by atoms with Gasteiger partial charge in [0.15, 0.2) is 0 Å². The predicted molar refractivity (Wildman–Crippen MR) is 93.3 cm³/mol. The van der Waals surface area contributed by atoms with Crippen LogP contribution in [0.1, 0.15) is 13.0 Å². The number of fused-ring (bicyclic) bond motifs is 1. The Morgan fingerprint density at radius 1 is 1.22 bits per heavy atom. The summed E-state index contributed by atoms with van der Waals surface area (Å²) in [5, 5.41) is 4.42. The molecule has 1 heterocycles. The van der Waals surface area contributed by atoms with Gasteiger partial charge in [0.05, 0.1) is 17.8 Å². The van der Waals surface area contributed by atoms with Crippen molar-refractivity contribution in [2.75, 3.05) is 12.4 Å². The second-order valence-corrected chi connectivity index (χ2v) is 5.70. The van der Waals surface area contributed by atoms with Crippen LogP contribution in [0, 0.1) is 0 Å². The number of carbonyl (C=O) groups excluding carboxylic acids is 1. The topological polar surface area (TPSA) is 43.3 Å². The number of hydrogen-bond acceptors (Lipinski definition) is 2. The standard InChI is InChI=1S/C18H17ClN2O2/c1-12(18(22)20-16-6-4-3-5-15(16)19)21-10-9-13-11-14(23-2)7-8-17(13)21/h3-12H,1-2H3,(H,20,22). The maximum Gasteiger partial charge on any atom is 0.247 e. The minimum Gasteiger partial charge on any atom is -0.497 e. The third kappa shape index (κ3) is 3.03. The third-order valence-corrected chi connectivity index (χ3v) is 4.19. The summed E-state index contributed by atoms with van der Waals surface area (Å²) in [5.41, 5.74) is 1.59. The van der Waals surface area contributed by atoms with Crippen LogP contribution in [0.25, 0.3) is 10.9 Å². The quantitative estimate of drug-likeness (QED) is 0.766. The van der Waals surface area contributed by atoms with Crippen molar-refractivity contribution in [2.24, 2.45) is 0 Å². The summed E-state index contributed by atoms with van der Waals surface area (Å²) in [6, 6.07) is 14.6. The zero-order valence-electron chi connectivity index (χ0n) is 12.9. The van der Waals surface area contributed by atoms with Gasteiger partial charge in [-0.05, 0) is 43.3 Å². The number of benzene rings is 2. The highest BCUT2D eigenvalue weighted by Crippen LogP contribution is 2.26. The van der Waals surface area contributed by atoms with Gasteiger partial charge in [-0.2, -0.15) is 0 Å². The van der Waals surface area contributed by atoms with Crippen LogP contribution < -0.4 is 10.1 Å². The van der Waals surface area contributed by atoms with Crippen molar-refractivity contribution in [2.45, 2.75) is 13.0 Å². The van der Waals surface area contributed by atoms with Crippen LogP contribution in [0.2, 0.25) is 5.02 Å². The number of nitrogens with zero attached hydrogens (tertiary/aromatic N) is 1. The number of ether oxygens (including phenoxy) is 1. The first-order chi connectivity index (χ1) is 11.1. The number of methoxy groups -OCH3 is 1. The lowest BCUT2D eigenvalue weighted by molar-refractivity contribution is -0.118. The summed E-state index contributed by atoms with van der Waals surface area (Å²) in [6.07, 6.45) is 1.90. The molecule has 1 amide bonds. The van der Waals surface area contributed by atoms with Crippen LogP contribution >= 0.6 is 11.6 Å². The smallest absolute Gasteiger partial charge is 0.247 e. The molecule has 118 valence electrons. The van der Waals surface area contributed by atoms with Gasteiger partial charge in [0.1, 0.15) is 11.8 Å². The second kappa shape index (κ2) is 6.34. The molecule has 0 radical (unpaired) electrons. The lowest BCUT2D eigenvalue weighted by atomic mass is 10.2. The van der Waals surface area contributed by atoms with E-state index in [2.05, 4.69) is 5.32 Å². The Morgan fingerprint density at radius 3 is 2.74 bits per heavy atom. The molecule has 1 atom stereocenters. The SMILES string of the molecule is COc1ccc2c(ccn2C(C)C(=O)Nc2ccccc2Cl)c1. The maximum absolute atomic E-state index is 12.5. The lowest BCUT2D eigenvalue weighted by Gasteiger charge is -2.16. The molecule has 4 nitrogen and oxygen atoms in total. The van der Waals surface area contributed by atoms with Gasteiger partial charge in [-0.1, -0.05) is 23.7 Å². The first kappa shape index (κ1) is 15.4. The van der Waals surface area contributed by atoms with E-state index < -0.39 is 0 Å². The Labute approximate surface area is 139 Å². The molecule has 5 heteroatoms. The molecule has 3 rings (SSSR count). The average Bonchev–Trinajstić information content (AvgIpc) is 2.99. The van der Waals surface area contributed by atoms with E-state index in [-0.39, 0.29) is 11.9 Å². The van der Waals surface area contributed by atoms with Crippen LogP contribution in [-0.4, -0.2) is 17.6 Å². The summed E-state index contributed by atoms with van der Waals surface area (Å²) >= 11 is 6.09. The van der Waals surface area contributed by atoms with E-state index in [1.165, 1.54) is 0 Å². The number of rotatable bonds is 4. The van der Waals surface area contributed by atoms with Gasteiger partial charge in [-0.15, -0.1) is 0 Å². The molecule has 0 saturated heterocycles. The Bertz CT molecular complexity index is 857. The molecule has 1 unspecified atom stereocenters. The Balaban J connectivity index is 1.86. The molecule has 0 saturated carbocycles. The van der Waals surface area contributed by atoms with Gasteiger partial charge >= 0.3 is 0 Å². The van der Waals surface area contributed by atoms with Gasteiger partial charge in [0.2, 0.25) is 5.91 Å². The van der Waals surface area contributed by atoms with Crippen LogP contribution in [0.4, 0.5) is 5.69 Å². The summed E-state index contributed by atoms with van der Waals surface area (Å²) in [5.74, 6) is 0.676. The van der Waals surface area contributed by atoms with Crippen LogP contribution in [0.3, 0.4) is 0 Å². The number of amides is 1. The summed E-state index contributed by atoms with van der Waals surface area (Å²) in [7, 11) is 1.64. The van der Waals surface area contributed by atoms with E-state index in [4.69, 9.17) is 16.3 Å². The molecule has 1 aromatic heterocycles. The lowest BCUT2D eigenvalue weighted by Crippen LogP contribution is -2.23. The molecule has 0 spiro atoms. The number of halogens is 1. The van der Waals surface area contributed by atoms with Gasteiger partial charge < -0.3 is 14.6 Å². The van der Waals surface area contributed by atoms with E-state index in [0.29, 0.717) is 10.7 Å². The van der Waals surface area contributed by atoms with Gasteiger partial charge in [0, 0.05) is 17.1 Å². The molecule has 23 heavy (non-hydrogen) atoms. The molecule has 0 aliphatic carbocycles. The van der Waals surface area contributed by atoms with E-state index in [1.807, 2.05) is 54.1 Å². The Kier molecular flexibility index (Phi) is 4.26. The highest BCUT2D eigenvalue weighted by Gasteiger charge is 2.17. The molecular formula is C18H17ClN2O2. The van der Waals surface area contributed by atoms with E-state index in [1.54, 1.807) is 19.2 Å². The fraction of sp³-hybridized carbons (Fsp3) is 0.167. The average molecular weight is 329 g/mol. The number of para-hydroxylation sites is 1. The van der Waals surface area contributed by atoms with Gasteiger partial charge in [0.25, 0.3) is 0 Å². The van der Waals surface area contributed by atoms with E-state index in [9.17, 15) is 4.79 Å². The maximum atomic E-state index is 12.5. The summed E-state index contributed by atoms with van der Waals surface area (Å²) in [6.45, 7) is 1.86. The zero-order valence-corrected chi connectivity index (χ0v) is 13.7. The molecule has 0 fully saturated rings. The van der Waals surface area contributed by atoms with Gasteiger partial charge in [-0.25, -0.2) is 0 Å². The van der Waals surface area contributed by atoms with Crippen molar-refractivity contribution < 1.29 is 9.53 Å². The molecule has 0 aliphatic rings. The minimum atomic E-state index is -0.364. The molecule has 0 aliphatic heterocycles. The Hall–Kier alpha value is -2.46. The fourth-order valence-electron chi connectivity index (χ4n) is 2.53. The monoisotopic (exact) mass is 328 g/mol. The fourth-order valence-corrected chi connectivity index (χ4v) is 2.72. The minimum absolute atomic E-state index is 0.119. The molecule has 1 N–H and O–H groups in total. The van der Waals surface area contributed by atoms with Crippen LogP contribution in [0.5, 0.6) is 5.75 Å². The molecule has 2 aromatic carbocycles. The number of nitrogens with one attached hydrogen (secondary N) is 1. The van der Waals surface area contributed by atoms with Gasteiger partial charge in [-0.3, -0.25) is 4.79 Å². The predicted octanol–water partition coefficient (Wildman–Crippen LogP) is 4.50. The largest absolute Gasteiger partial charge is 0.497 e. The van der Waals surface area contributed by atoms with Crippen LogP contribution in [-0.2, 0) is 4.79 Å². The van der Waals surface area contributed by atoms with Crippen molar-refractivity contribution in [3.63, 3.8) is 0 Å². The van der Waals surface area contributed by atoms with Crippen molar-refractivity contribution in [1.29, 1.82) is 0 Å². The molecular weight excluding hydrogens is 312 g/mol.